The minimum absolute atomic E-state index is 0.757. The Morgan fingerprint density at radius 2 is 1.83 bits per heavy atom. The van der Waals surface area contributed by atoms with Gasteiger partial charge in [-0.05, 0) is 30.6 Å². The molecule has 0 N–H and O–H groups in total. The van der Waals surface area contributed by atoms with Crippen molar-refractivity contribution in [3.63, 3.8) is 0 Å². The Morgan fingerprint density at radius 1 is 1.33 bits per heavy atom. The van der Waals surface area contributed by atoms with E-state index in [1.807, 2.05) is 0 Å². The van der Waals surface area contributed by atoms with Gasteiger partial charge >= 0.3 is 0 Å². The first kappa shape index (κ1) is 9.83. The minimum Gasteiger partial charge on any atom is -0.0993 e. The van der Waals surface area contributed by atoms with Gasteiger partial charge in [-0.25, -0.2) is 0 Å². The van der Waals surface area contributed by atoms with E-state index in [4.69, 9.17) is 0 Å². The Hall–Kier alpha value is -0.260. The predicted molar refractivity (Wildman–Crippen MR) is 55.1 cm³/mol. The van der Waals surface area contributed by atoms with Crippen molar-refractivity contribution in [2.24, 2.45) is 17.8 Å². The number of rotatable bonds is 5. The molecule has 0 nitrogen and oxygen atoms in total. The lowest BCUT2D eigenvalue weighted by atomic mass is 9.83. The first-order chi connectivity index (χ1) is 5.70. The Balaban J connectivity index is 2.42. The first-order valence-corrected chi connectivity index (χ1v) is 5.39. The van der Waals surface area contributed by atoms with E-state index < -0.39 is 0 Å². The molecule has 1 aliphatic rings. The molecule has 0 heterocycles. The maximum Gasteiger partial charge on any atom is -0.0203 e. The molecule has 1 rings (SSSR count). The number of allylic oxidation sites excluding steroid dienone is 1. The second-order valence-electron chi connectivity index (χ2n) is 4.21. The normalized spacial score (nSPS) is 19.7. The molecule has 0 amide bonds. The van der Waals surface area contributed by atoms with Crippen molar-refractivity contribution in [3.8, 4) is 0 Å². The topological polar surface area (TPSA) is 0 Å². The van der Waals surface area contributed by atoms with Crippen LogP contribution in [0.4, 0.5) is 0 Å². The largest absolute Gasteiger partial charge is 0.0993 e. The third-order valence-corrected chi connectivity index (χ3v) is 3.44. The summed E-state index contributed by atoms with van der Waals surface area (Å²) in [6, 6.07) is 0. The van der Waals surface area contributed by atoms with E-state index in [1.165, 1.54) is 31.3 Å². The molecule has 0 spiro atoms. The van der Waals surface area contributed by atoms with Gasteiger partial charge in [-0.3, -0.25) is 0 Å². The van der Waals surface area contributed by atoms with Crippen LogP contribution < -0.4 is 0 Å². The summed E-state index contributed by atoms with van der Waals surface area (Å²) < 4.78 is 0. The second-order valence-corrected chi connectivity index (χ2v) is 4.21. The fraction of sp³-hybridized carbons (Fsp3) is 0.833. The first-order valence-electron chi connectivity index (χ1n) is 5.39. The zero-order valence-electron chi connectivity index (χ0n) is 8.77. The maximum atomic E-state index is 4.23. The lowest BCUT2D eigenvalue weighted by molar-refractivity contribution is 0.370. The van der Waals surface area contributed by atoms with Crippen LogP contribution in [0.3, 0.4) is 0 Å². The average molecular weight is 166 g/mol. The number of hydrogen-bond acceptors (Lipinski definition) is 0. The van der Waals surface area contributed by atoms with E-state index in [9.17, 15) is 0 Å². The molecule has 0 aromatic rings. The Bertz CT molecular complexity index is 149. The van der Waals surface area contributed by atoms with E-state index in [-0.39, 0.29) is 0 Å². The summed E-state index contributed by atoms with van der Waals surface area (Å²) in [4.78, 5) is 0. The average Bonchev–Trinajstić information content (AvgIpc) is 2.87. The van der Waals surface area contributed by atoms with E-state index in [2.05, 4.69) is 27.4 Å². The van der Waals surface area contributed by atoms with Crippen LogP contribution in [0.5, 0.6) is 0 Å². The van der Waals surface area contributed by atoms with Gasteiger partial charge in [0.15, 0.2) is 0 Å². The van der Waals surface area contributed by atoms with Crippen molar-refractivity contribution < 1.29 is 0 Å². The second kappa shape index (κ2) is 4.11. The molecule has 0 aromatic heterocycles. The van der Waals surface area contributed by atoms with Gasteiger partial charge in [0, 0.05) is 0 Å². The van der Waals surface area contributed by atoms with Crippen molar-refractivity contribution >= 4 is 0 Å². The van der Waals surface area contributed by atoms with E-state index in [1.54, 1.807) is 0 Å². The summed E-state index contributed by atoms with van der Waals surface area (Å²) in [5.41, 5.74) is 1.53. The molecular weight excluding hydrogens is 144 g/mol. The van der Waals surface area contributed by atoms with Crippen LogP contribution in [0, 0.1) is 17.8 Å². The molecule has 0 aromatic carbocycles. The third kappa shape index (κ3) is 2.12. The van der Waals surface area contributed by atoms with E-state index in [0.29, 0.717) is 0 Å². The highest BCUT2D eigenvalue weighted by Crippen LogP contribution is 2.42. The zero-order valence-corrected chi connectivity index (χ0v) is 8.77. The molecule has 70 valence electrons. The van der Waals surface area contributed by atoms with Gasteiger partial charge in [0.1, 0.15) is 0 Å². The summed E-state index contributed by atoms with van der Waals surface area (Å²) in [6.07, 6.45) is 5.43. The molecule has 1 unspecified atom stereocenters. The molecular formula is C12H22. The number of hydrogen-bond donors (Lipinski definition) is 0. The van der Waals surface area contributed by atoms with Crippen molar-refractivity contribution in [2.45, 2.75) is 46.5 Å². The van der Waals surface area contributed by atoms with Crippen molar-refractivity contribution in [2.75, 3.05) is 0 Å². The molecule has 12 heavy (non-hydrogen) atoms. The van der Waals surface area contributed by atoms with E-state index >= 15 is 0 Å². The van der Waals surface area contributed by atoms with Crippen LogP contribution in [0.2, 0.25) is 0 Å². The maximum absolute atomic E-state index is 4.23. The monoisotopic (exact) mass is 166 g/mol. The molecule has 0 radical (unpaired) electrons. The molecule has 0 bridgehead atoms. The van der Waals surface area contributed by atoms with Gasteiger partial charge in [-0.2, -0.15) is 0 Å². The molecule has 0 aliphatic heterocycles. The SMILES string of the molecule is C=C(C1CC1)C(C)C(CC)CC. The summed E-state index contributed by atoms with van der Waals surface area (Å²) in [5.74, 6) is 2.52. The molecule has 1 atom stereocenters. The molecule has 0 saturated heterocycles. The summed E-state index contributed by atoms with van der Waals surface area (Å²) >= 11 is 0. The van der Waals surface area contributed by atoms with Gasteiger partial charge in [0.25, 0.3) is 0 Å². The van der Waals surface area contributed by atoms with Crippen LogP contribution in [0.25, 0.3) is 0 Å². The minimum atomic E-state index is 0.757. The van der Waals surface area contributed by atoms with Gasteiger partial charge in [0.2, 0.25) is 0 Å². The summed E-state index contributed by atoms with van der Waals surface area (Å²) in [7, 11) is 0. The van der Waals surface area contributed by atoms with E-state index in [0.717, 1.165) is 17.8 Å². The van der Waals surface area contributed by atoms with Crippen molar-refractivity contribution in [1.29, 1.82) is 0 Å². The highest BCUT2D eigenvalue weighted by atomic mass is 14.3. The van der Waals surface area contributed by atoms with Crippen molar-refractivity contribution in [1.82, 2.24) is 0 Å². The lowest BCUT2D eigenvalue weighted by Crippen LogP contribution is -2.12. The summed E-state index contributed by atoms with van der Waals surface area (Å²) in [6.45, 7) is 11.2. The Morgan fingerprint density at radius 3 is 2.17 bits per heavy atom. The molecule has 1 aliphatic carbocycles. The highest BCUT2D eigenvalue weighted by Gasteiger charge is 2.29. The van der Waals surface area contributed by atoms with Crippen molar-refractivity contribution in [3.05, 3.63) is 12.2 Å². The van der Waals surface area contributed by atoms with Gasteiger partial charge < -0.3 is 0 Å². The standard InChI is InChI=1S/C12H22/c1-5-11(6-2)9(3)10(4)12-7-8-12/h9,11-12H,4-8H2,1-3H3. The fourth-order valence-electron chi connectivity index (χ4n) is 2.12. The molecule has 1 saturated carbocycles. The smallest absolute Gasteiger partial charge is 0.0203 e. The van der Waals surface area contributed by atoms with Gasteiger partial charge in [-0.15, -0.1) is 0 Å². The summed E-state index contributed by atoms with van der Waals surface area (Å²) in [5, 5.41) is 0. The molecule has 1 fully saturated rings. The van der Waals surface area contributed by atoms with Gasteiger partial charge in [-0.1, -0.05) is 45.8 Å². The molecule has 0 heteroatoms. The Kier molecular flexibility index (Phi) is 3.37. The van der Waals surface area contributed by atoms with Gasteiger partial charge in [0.05, 0.1) is 0 Å². The quantitative estimate of drug-likeness (QED) is 0.541. The zero-order chi connectivity index (χ0) is 9.14. The van der Waals surface area contributed by atoms with Crippen LogP contribution in [-0.4, -0.2) is 0 Å². The third-order valence-electron chi connectivity index (χ3n) is 3.44. The fourth-order valence-corrected chi connectivity index (χ4v) is 2.12. The Labute approximate surface area is 77.1 Å². The van der Waals surface area contributed by atoms with Crippen LogP contribution >= 0.6 is 0 Å². The van der Waals surface area contributed by atoms with Crippen LogP contribution in [0.15, 0.2) is 12.2 Å². The predicted octanol–water partition coefficient (Wildman–Crippen LogP) is 4.02. The highest BCUT2D eigenvalue weighted by molar-refractivity contribution is 5.11. The lowest BCUT2D eigenvalue weighted by Gasteiger charge is -2.23. The van der Waals surface area contributed by atoms with Crippen LogP contribution in [0.1, 0.15) is 46.5 Å². The van der Waals surface area contributed by atoms with Crippen LogP contribution in [-0.2, 0) is 0 Å².